The first-order valence-corrected chi connectivity index (χ1v) is 6.70. The Labute approximate surface area is 87.2 Å². The lowest BCUT2D eigenvalue weighted by Gasteiger charge is -2.02. The van der Waals surface area contributed by atoms with E-state index in [-0.39, 0.29) is 0 Å². The van der Waals surface area contributed by atoms with Crippen LogP contribution in [0.15, 0.2) is 12.0 Å². The molecule has 0 spiro atoms. The highest BCUT2D eigenvalue weighted by atomic mass is 31.2. The van der Waals surface area contributed by atoms with E-state index in [1.54, 1.807) is 0 Å². The second-order valence-corrected chi connectivity index (χ2v) is 5.37. The van der Waals surface area contributed by atoms with Crippen molar-refractivity contribution < 1.29 is 32.5 Å². The van der Waals surface area contributed by atoms with Gasteiger partial charge >= 0.3 is 16.1 Å². The number of phosphoric acid groups is 1. The summed E-state index contributed by atoms with van der Waals surface area (Å²) in [6.07, 6.45) is 1.52. The molecule has 2 unspecified atom stereocenters. The van der Waals surface area contributed by atoms with Crippen LogP contribution in [-0.4, -0.2) is 16.4 Å². The van der Waals surface area contributed by atoms with Crippen LogP contribution in [0.1, 0.15) is 13.3 Å². The van der Waals surface area contributed by atoms with Gasteiger partial charge in [-0.3, -0.25) is 4.89 Å². The maximum absolute atomic E-state index is 10.9. The predicted molar refractivity (Wildman–Crippen MR) is 49.6 cm³/mol. The van der Waals surface area contributed by atoms with Gasteiger partial charge in [0.25, 0.3) is 0 Å². The van der Waals surface area contributed by atoms with Crippen molar-refractivity contribution in [2.24, 2.45) is 5.92 Å². The minimum Gasteiger partial charge on any atom is -0.494 e. The van der Waals surface area contributed by atoms with Gasteiger partial charge in [-0.2, -0.15) is 0 Å². The normalized spacial score (nSPS) is 28.3. The summed E-state index contributed by atoms with van der Waals surface area (Å²) in [5.41, 5.74) is 0. The van der Waals surface area contributed by atoms with Crippen LogP contribution < -0.4 is 0 Å². The van der Waals surface area contributed by atoms with E-state index in [0.29, 0.717) is 24.7 Å². The monoisotopic (exact) mass is 257 g/mol. The molecule has 0 radical (unpaired) electrons. The topological polar surface area (TPSA) is 102 Å². The summed E-state index contributed by atoms with van der Waals surface area (Å²) in [6, 6.07) is 0. The fourth-order valence-electron chi connectivity index (χ4n) is 1.03. The minimum atomic E-state index is -4.51. The zero-order chi connectivity index (χ0) is 11.5. The smallest absolute Gasteiger partial charge is 0.494 e. The Morgan fingerprint density at radius 1 is 1.73 bits per heavy atom. The molecule has 86 valence electrons. The Kier molecular flexibility index (Phi) is 4.25. The van der Waals surface area contributed by atoms with Crippen LogP contribution in [0.25, 0.3) is 0 Å². The Balaban J connectivity index is 2.48. The molecule has 1 aliphatic heterocycles. The molecule has 2 N–H and O–H groups in total. The van der Waals surface area contributed by atoms with Gasteiger partial charge in [0.05, 0.1) is 6.61 Å². The summed E-state index contributed by atoms with van der Waals surface area (Å²) < 4.78 is 34.2. The van der Waals surface area contributed by atoms with Crippen molar-refractivity contribution in [3.63, 3.8) is 0 Å². The number of rotatable bonds is 4. The molecule has 7 nitrogen and oxygen atoms in total. The largest absolute Gasteiger partial charge is 0.706 e. The third-order valence-corrected chi connectivity index (χ3v) is 3.35. The summed E-state index contributed by atoms with van der Waals surface area (Å²) in [7, 11) is -7.69. The van der Waals surface area contributed by atoms with E-state index in [9.17, 15) is 9.13 Å². The lowest BCUT2D eigenvalue weighted by molar-refractivity contribution is 0.219. The standard InChI is InChI=1S/C6H10O7P2/c1-5-2-6(11-3-5)4-12-15(9,10)13-14(7)8/h4-5H,2-3H2,1H3,(H-,7,8,9,10)/p+1/b6-4+/t5-/m0/s1. The highest BCUT2D eigenvalue weighted by Gasteiger charge is 2.35. The van der Waals surface area contributed by atoms with E-state index in [2.05, 4.69) is 8.83 Å². The fourth-order valence-corrected chi connectivity index (χ4v) is 2.14. The Morgan fingerprint density at radius 3 is 2.87 bits per heavy atom. The zero-order valence-corrected chi connectivity index (χ0v) is 9.69. The molecular formula is C6H11O7P2+. The first-order valence-electron chi connectivity index (χ1n) is 4.08. The number of allylic oxidation sites excluding steroid dienone is 1. The molecule has 15 heavy (non-hydrogen) atoms. The molecular weight excluding hydrogens is 246 g/mol. The van der Waals surface area contributed by atoms with Crippen molar-refractivity contribution >= 4 is 16.1 Å². The van der Waals surface area contributed by atoms with E-state index >= 15 is 0 Å². The maximum atomic E-state index is 10.9. The summed E-state index contributed by atoms with van der Waals surface area (Å²) in [5, 5.41) is 0. The van der Waals surface area contributed by atoms with Crippen molar-refractivity contribution in [1.29, 1.82) is 0 Å². The second kappa shape index (κ2) is 5.05. The van der Waals surface area contributed by atoms with Crippen LogP contribution in [0.2, 0.25) is 0 Å². The maximum Gasteiger partial charge on any atom is 0.706 e. The predicted octanol–water partition coefficient (Wildman–Crippen LogP) is 1.67. The molecule has 1 aliphatic rings. The van der Waals surface area contributed by atoms with Crippen molar-refractivity contribution in [3.05, 3.63) is 12.0 Å². The van der Waals surface area contributed by atoms with Crippen LogP contribution in [-0.2, 0) is 22.7 Å². The molecule has 3 atom stereocenters. The van der Waals surface area contributed by atoms with E-state index in [1.165, 1.54) is 0 Å². The number of hydrogen-bond donors (Lipinski definition) is 2. The van der Waals surface area contributed by atoms with Gasteiger partial charge in [0.1, 0.15) is 12.0 Å². The minimum absolute atomic E-state index is 0.313. The van der Waals surface area contributed by atoms with E-state index < -0.39 is 16.1 Å². The summed E-state index contributed by atoms with van der Waals surface area (Å²) in [5.74, 6) is 0.724. The molecule has 1 rings (SSSR count). The lowest BCUT2D eigenvalue weighted by Crippen LogP contribution is -1.88. The first kappa shape index (κ1) is 12.6. The van der Waals surface area contributed by atoms with Crippen LogP contribution in [0.3, 0.4) is 0 Å². The molecule has 0 bridgehead atoms. The van der Waals surface area contributed by atoms with E-state index in [0.717, 1.165) is 6.26 Å². The van der Waals surface area contributed by atoms with Gasteiger partial charge in [0.15, 0.2) is 0 Å². The Morgan fingerprint density at radius 2 is 2.40 bits per heavy atom. The van der Waals surface area contributed by atoms with E-state index in [4.69, 9.17) is 14.5 Å². The molecule has 1 heterocycles. The van der Waals surface area contributed by atoms with Gasteiger partial charge < -0.3 is 9.26 Å². The average Bonchev–Trinajstić information content (AvgIpc) is 2.46. The highest BCUT2D eigenvalue weighted by molar-refractivity contribution is 7.55. The lowest BCUT2D eigenvalue weighted by atomic mass is 10.1. The van der Waals surface area contributed by atoms with Gasteiger partial charge in [-0.25, -0.2) is 4.57 Å². The molecule has 1 saturated heterocycles. The third-order valence-electron chi connectivity index (χ3n) is 1.59. The van der Waals surface area contributed by atoms with Gasteiger partial charge in [-0.05, 0) is 5.92 Å². The molecule has 9 heteroatoms. The zero-order valence-electron chi connectivity index (χ0n) is 7.90. The number of hydrogen-bond acceptors (Lipinski definition) is 5. The first-order chi connectivity index (χ1) is 6.89. The van der Waals surface area contributed by atoms with Crippen molar-refractivity contribution in [2.45, 2.75) is 13.3 Å². The van der Waals surface area contributed by atoms with Gasteiger partial charge in [-0.1, -0.05) is 6.92 Å². The van der Waals surface area contributed by atoms with Gasteiger partial charge in [0, 0.05) is 15.3 Å². The Hall–Kier alpha value is -0.450. The van der Waals surface area contributed by atoms with Crippen molar-refractivity contribution in [2.75, 3.05) is 6.61 Å². The molecule has 0 aromatic rings. The quantitative estimate of drug-likeness (QED) is 0.583. The summed E-state index contributed by atoms with van der Waals surface area (Å²) in [4.78, 5) is 17.1. The molecule has 0 saturated carbocycles. The second-order valence-electron chi connectivity index (χ2n) is 3.10. The Bertz CT molecular complexity index is 325. The van der Waals surface area contributed by atoms with Crippen LogP contribution in [0, 0.1) is 5.92 Å². The third kappa shape index (κ3) is 4.73. The average molecular weight is 257 g/mol. The van der Waals surface area contributed by atoms with Crippen molar-refractivity contribution in [1.82, 2.24) is 0 Å². The van der Waals surface area contributed by atoms with Crippen molar-refractivity contribution in [3.8, 4) is 0 Å². The number of phosphoric ester groups is 1. The molecule has 0 aliphatic carbocycles. The van der Waals surface area contributed by atoms with Crippen LogP contribution in [0.5, 0.6) is 0 Å². The molecule has 0 aromatic carbocycles. The summed E-state index contributed by atoms with van der Waals surface area (Å²) in [6.45, 7) is 2.46. The summed E-state index contributed by atoms with van der Waals surface area (Å²) >= 11 is 0. The fraction of sp³-hybridized carbons (Fsp3) is 0.667. The van der Waals surface area contributed by atoms with Gasteiger partial charge in [-0.15, -0.1) is 4.89 Å². The van der Waals surface area contributed by atoms with Crippen LogP contribution in [0.4, 0.5) is 0 Å². The highest BCUT2D eigenvalue weighted by Crippen LogP contribution is 2.51. The molecule has 1 fully saturated rings. The van der Waals surface area contributed by atoms with Crippen LogP contribution >= 0.6 is 16.1 Å². The van der Waals surface area contributed by atoms with Gasteiger partial charge in [0.2, 0.25) is 0 Å². The SMILES string of the molecule is C[C@@H]1CO/C(=C/OP(=O)(O)O[P+](=O)O)C1. The molecule has 0 aromatic heterocycles. The number of ether oxygens (including phenoxy) is 1. The molecule has 0 amide bonds. The van der Waals surface area contributed by atoms with E-state index in [1.807, 2.05) is 6.92 Å².